The van der Waals surface area contributed by atoms with Gasteiger partial charge in [-0.15, -0.1) is 0 Å². The van der Waals surface area contributed by atoms with E-state index < -0.39 is 6.04 Å². The predicted octanol–water partition coefficient (Wildman–Crippen LogP) is 1.09. The van der Waals surface area contributed by atoms with Crippen LogP contribution >= 0.6 is 0 Å². The molecule has 1 atom stereocenters. The molecule has 1 aromatic carbocycles. The number of nitrogens with two attached hydrogens (primary N) is 1. The average Bonchev–Trinajstić information content (AvgIpc) is 2.79. The van der Waals surface area contributed by atoms with Gasteiger partial charge in [0.25, 0.3) is 0 Å². The van der Waals surface area contributed by atoms with Gasteiger partial charge in [0.05, 0.1) is 20.3 Å². The van der Waals surface area contributed by atoms with Gasteiger partial charge in [0.1, 0.15) is 11.5 Å². The number of amides is 1. The van der Waals surface area contributed by atoms with Gasteiger partial charge >= 0.3 is 0 Å². The summed E-state index contributed by atoms with van der Waals surface area (Å²) in [5, 5.41) is 0. The van der Waals surface area contributed by atoms with E-state index >= 15 is 0 Å². The van der Waals surface area contributed by atoms with Crippen LogP contribution in [0.2, 0.25) is 0 Å². The van der Waals surface area contributed by atoms with Gasteiger partial charge in [-0.25, -0.2) is 0 Å². The van der Waals surface area contributed by atoms with Gasteiger partial charge in [0, 0.05) is 50.1 Å². The van der Waals surface area contributed by atoms with Crippen LogP contribution in [-0.4, -0.2) is 57.2 Å². The number of nitrogens with zero attached hydrogens (tertiary/aromatic N) is 2. The molecule has 0 aromatic heterocycles. The minimum Gasteiger partial charge on any atom is -0.497 e. The molecule has 1 aliphatic rings. The summed E-state index contributed by atoms with van der Waals surface area (Å²) >= 11 is 0. The zero-order chi connectivity index (χ0) is 16.1. The smallest absolute Gasteiger partial charge is 0.239 e. The first-order valence-corrected chi connectivity index (χ1v) is 7.57. The Kier molecular flexibility index (Phi) is 5.49. The fourth-order valence-corrected chi connectivity index (χ4v) is 2.66. The normalized spacial score (nSPS) is 16.9. The average molecular weight is 307 g/mol. The van der Waals surface area contributed by atoms with Crippen LogP contribution in [0.3, 0.4) is 0 Å². The predicted molar refractivity (Wildman–Crippen MR) is 86.6 cm³/mol. The molecule has 6 heteroatoms. The molecule has 0 spiro atoms. The largest absolute Gasteiger partial charge is 0.497 e. The molecule has 2 rings (SSSR count). The molecule has 0 saturated carbocycles. The Labute approximate surface area is 131 Å². The fourth-order valence-electron chi connectivity index (χ4n) is 2.66. The van der Waals surface area contributed by atoms with Crippen LogP contribution < -0.4 is 20.1 Å². The fraction of sp³-hybridized carbons (Fsp3) is 0.562. The van der Waals surface area contributed by atoms with Gasteiger partial charge in [-0.2, -0.15) is 0 Å². The Morgan fingerprint density at radius 2 is 1.73 bits per heavy atom. The van der Waals surface area contributed by atoms with Crippen molar-refractivity contribution >= 4 is 11.6 Å². The number of anilines is 1. The van der Waals surface area contributed by atoms with Crippen molar-refractivity contribution in [3.05, 3.63) is 18.2 Å². The van der Waals surface area contributed by atoms with E-state index in [0.717, 1.165) is 43.2 Å². The SMILES string of the molecule is COc1cc(OC)cc(N2CCCN(C(=O)[C@@H](C)N)CC2)c1. The number of hydrogen-bond acceptors (Lipinski definition) is 5. The van der Waals surface area contributed by atoms with Crippen molar-refractivity contribution in [2.45, 2.75) is 19.4 Å². The van der Waals surface area contributed by atoms with E-state index in [0.29, 0.717) is 6.54 Å². The summed E-state index contributed by atoms with van der Waals surface area (Å²) in [5.74, 6) is 1.55. The van der Waals surface area contributed by atoms with Crippen LogP contribution in [0.25, 0.3) is 0 Å². The van der Waals surface area contributed by atoms with Crippen LogP contribution in [0.4, 0.5) is 5.69 Å². The van der Waals surface area contributed by atoms with Gasteiger partial charge < -0.3 is 25.0 Å². The molecule has 2 N–H and O–H groups in total. The highest BCUT2D eigenvalue weighted by atomic mass is 16.5. The molecule has 1 aromatic rings. The van der Waals surface area contributed by atoms with Crippen LogP contribution in [0, 0.1) is 0 Å². The number of carbonyl (C=O) groups is 1. The highest BCUT2D eigenvalue weighted by Gasteiger charge is 2.21. The first-order valence-electron chi connectivity index (χ1n) is 7.57. The molecule has 122 valence electrons. The maximum absolute atomic E-state index is 12.0. The van der Waals surface area contributed by atoms with Crippen molar-refractivity contribution in [1.29, 1.82) is 0 Å². The first-order chi connectivity index (χ1) is 10.5. The quantitative estimate of drug-likeness (QED) is 0.902. The van der Waals surface area contributed by atoms with Crippen LogP contribution in [0.15, 0.2) is 18.2 Å². The zero-order valence-corrected chi connectivity index (χ0v) is 13.5. The summed E-state index contributed by atoms with van der Waals surface area (Å²) in [7, 11) is 3.29. The highest BCUT2D eigenvalue weighted by molar-refractivity contribution is 5.81. The van der Waals surface area contributed by atoms with Gasteiger partial charge in [0.15, 0.2) is 0 Å². The lowest BCUT2D eigenvalue weighted by Gasteiger charge is -2.25. The van der Waals surface area contributed by atoms with Crippen molar-refractivity contribution in [2.24, 2.45) is 5.73 Å². The Bertz CT molecular complexity index is 497. The molecule has 1 saturated heterocycles. The third-order valence-corrected chi connectivity index (χ3v) is 3.90. The number of benzene rings is 1. The zero-order valence-electron chi connectivity index (χ0n) is 13.5. The van der Waals surface area contributed by atoms with E-state index in [-0.39, 0.29) is 5.91 Å². The molecule has 0 radical (unpaired) electrons. The summed E-state index contributed by atoms with van der Waals surface area (Å²) in [6.07, 6.45) is 0.915. The molecule has 1 amide bonds. The maximum Gasteiger partial charge on any atom is 0.239 e. The lowest BCUT2D eigenvalue weighted by Crippen LogP contribution is -2.43. The Morgan fingerprint density at radius 3 is 2.27 bits per heavy atom. The van der Waals surface area contributed by atoms with E-state index in [1.807, 2.05) is 23.1 Å². The molecule has 1 fully saturated rings. The lowest BCUT2D eigenvalue weighted by molar-refractivity contribution is -0.131. The van der Waals surface area contributed by atoms with Crippen molar-refractivity contribution in [3.63, 3.8) is 0 Å². The molecule has 0 unspecified atom stereocenters. The van der Waals surface area contributed by atoms with Crippen LogP contribution in [0.5, 0.6) is 11.5 Å². The Morgan fingerprint density at radius 1 is 1.09 bits per heavy atom. The van der Waals surface area contributed by atoms with E-state index in [9.17, 15) is 4.79 Å². The van der Waals surface area contributed by atoms with Crippen LogP contribution in [0.1, 0.15) is 13.3 Å². The molecule has 0 bridgehead atoms. The minimum absolute atomic E-state index is 0.0186. The minimum atomic E-state index is -0.441. The van der Waals surface area contributed by atoms with Crippen molar-refractivity contribution in [3.8, 4) is 11.5 Å². The lowest BCUT2D eigenvalue weighted by atomic mass is 10.2. The number of rotatable bonds is 4. The third-order valence-electron chi connectivity index (χ3n) is 3.90. The summed E-state index contributed by atoms with van der Waals surface area (Å²) < 4.78 is 10.6. The second kappa shape index (κ2) is 7.35. The highest BCUT2D eigenvalue weighted by Crippen LogP contribution is 2.29. The van der Waals surface area contributed by atoms with Gasteiger partial charge in [-0.1, -0.05) is 0 Å². The molecule has 22 heavy (non-hydrogen) atoms. The summed E-state index contributed by atoms with van der Waals surface area (Å²) in [5.41, 5.74) is 6.75. The molecule has 1 aliphatic heterocycles. The van der Waals surface area contributed by atoms with Gasteiger partial charge in [0.2, 0.25) is 5.91 Å². The maximum atomic E-state index is 12.0. The van der Waals surface area contributed by atoms with Crippen molar-refractivity contribution in [1.82, 2.24) is 4.90 Å². The first kappa shape index (κ1) is 16.4. The standard InChI is InChI=1S/C16H25N3O3/c1-12(17)16(20)19-6-4-5-18(7-8-19)13-9-14(21-2)11-15(10-13)22-3/h9-12H,4-8,17H2,1-3H3/t12-/m1/s1. The molecular formula is C16H25N3O3. The van der Waals surface area contributed by atoms with Gasteiger partial charge in [-0.05, 0) is 13.3 Å². The number of hydrogen-bond donors (Lipinski definition) is 1. The summed E-state index contributed by atoms with van der Waals surface area (Å²) in [6.45, 7) is 4.82. The number of carbonyl (C=O) groups excluding carboxylic acids is 1. The van der Waals surface area contributed by atoms with E-state index in [1.165, 1.54) is 0 Å². The topological polar surface area (TPSA) is 68.0 Å². The molecule has 6 nitrogen and oxygen atoms in total. The second-order valence-corrected chi connectivity index (χ2v) is 5.53. The summed E-state index contributed by atoms with van der Waals surface area (Å²) in [4.78, 5) is 16.1. The van der Waals surface area contributed by atoms with E-state index in [4.69, 9.17) is 15.2 Å². The summed E-state index contributed by atoms with van der Waals surface area (Å²) in [6, 6.07) is 5.40. The van der Waals surface area contributed by atoms with E-state index in [2.05, 4.69) is 4.90 Å². The van der Waals surface area contributed by atoms with E-state index in [1.54, 1.807) is 21.1 Å². The Balaban J connectivity index is 2.12. The van der Waals surface area contributed by atoms with Crippen molar-refractivity contribution < 1.29 is 14.3 Å². The second-order valence-electron chi connectivity index (χ2n) is 5.53. The molecular weight excluding hydrogens is 282 g/mol. The number of ether oxygens (including phenoxy) is 2. The Hall–Kier alpha value is -1.95. The monoisotopic (exact) mass is 307 g/mol. The van der Waals surface area contributed by atoms with Gasteiger partial charge in [-0.3, -0.25) is 4.79 Å². The molecule has 1 heterocycles. The third kappa shape index (κ3) is 3.82. The molecule has 0 aliphatic carbocycles. The number of methoxy groups -OCH3 is 2. The van der Waals surface area contributed by atoms with Crippen molar-refractivity contribution in [2.75, 3.05) is 45.3 Å². The van der Waals surface area contributed by atoms with Crippen LogP contribution in [-0.2, 0) is 4.79 Å².